The van der Waals surface area contributed by atoms with Crippen LogP contribution in [-0.2, 0) is 0 Å². The van der Waals surface area contributed by atoms with Crippen molar-refractivity contribution in [2.45, 2.75) is 46.5 Å². The van der Waals surface area contributed by atoms with Crippen LogP contribution in [0.5, 0.6) is 0 Å². The van der Waals surface area contributed by atoms with Gasteiger partial charge in [-0.2, -0.15) is 0 Å². The molecule has 1 aliphatic carbocycles. The third kappa shape index (κ3) is 4.51. The van der Waals surface area contributed by atoms with Crippen LogP contribution in [0.25, 0.3) is 0 Å². The highest BCUT2D eigenvalue weighted by Crippen LogP contribution is 2.32. The van der Waals surface area contributed by atoms with Crippen molar-refractivity contribution in [1.82, 2.24) is 0 Å². The summed E-state index contributed by atoms with van der Waals surface area (Å²) in [4.78, 5) is 0. The highest BCUT2D eigenvalue weighted by atomic mass is 14.2. The molecule has 0 aliphatic heterocycles. The molecule has 1 fully saturated rings. The molecule has 0 aromatic heterocycles. The molecule has 0 amide bonds. The predicted molar refractivity (Wildman–Crippen MR) is 68.8 cm³/mol. The number of rotatable bonds is 3. The van der Waals surface area contributed by atoms with Crippen molar-refractivity contribution in [2.24, 2.45) is 11.8 Å². The minimum Gasteiger partial charge on any atom is -0.0877 e. The molecule has 0 nitrogen and oxygen atoms in total. The van der Waals surface area contributed by atoms with Crippen LogP contribution in [0.4, 0.5) is 0 Å². The van der Waals surface area contributed by atoms with E-state index in [0.717, 1.165) is 11.8 Å². The average molecular weight is 204 g/mol. The molecule has 1 rings (SSSR count). The number of hydrogen-bond donors (Lipinski definition) is 0. The lowest BCUT2D eigenvalue weighted by atomic mass is 9.79. The van der Waals surface area contributed by atoms with Gasteiger partial charge in [-0.15, -0.1) is 0 Å². The highest BCUT2D eigenvalue weighted by molar-refractivity contribution is 5.17. The summed E-state index contributed by atoms with van der Waals surface area (Å²) in [6.07, 6.45) is 16.3. The molecule has 0 aromatic carbocycles. The summed E-state index contributed by atoms with van der Waals surface area (Å²) < 4.78 is 0. The Hall–Kier alpha value is -0.780. The summed E-state index contributed by atoms with van der Waals surface area (Å²) in [6, 6.07) is 0. The summed E-state index contributed by atoms with van der Waals surface area (Å²) in [5, 5.41) is 0. The van der Waals surface area contributed by atoms with Crippen LogP contribution >= 0.6 is 0 Å². The zero-order valence-corrected chi connectivity index (χ0v) is 10.4. The van der Waals surface area contributed by atoms with E-state index in [0.29, 0.717) is 0 Å². The Morgan fingerprint density at radius 2 is 1.67 bits per heavy atom. The van der Waals surface area contributed by atoms with Crippen molar-refractivity contribution in [3.05, 3.63) is 36.0 Å². The van der Waals surface area contributed by atoms with Crippen molar-refractivity contribution >= 4 is 0 Å². The summed E-state index contributed by atoms with van der Waals surface area (Å²) in [6.45, 7) is 6.70. The minimum absolute atomic E-state index is 0.844. The molecular weight excluding hydrogens is 180 g/mol. The first kappa shape index (κ1) is 12.3. The Kier molecular flexibility index (Phi) is 5.45. The number of allylic oxidation sites excluding steroid dienone is 6. The SMILES string of the molecule is C\C=C/C=C\C=C(/C)C1CCC(C)CC1. The molecule has 0 aromatic rings. The zero-order valence-electron chi connectivity index (χ0n) is 10.4. The monoisotopic (exact) mass is 204 g/mol. The van der Waals surface area contributed by atoms with Crippen molar-refractivity contribution in [3.63, 3.8) is 0 Å². The van der Waals surface area contributed by atoms with E-state index in [1.54, 1.807) is 5.57 Å². The summed E-state index contributed by atoms with van der Waals surface area (Å²) in [5.41, 5.74) is 1.56. The zero-order chi connectivity index (χ0) is 11.1. The lowest BCUT2D eigenvalue weighted by Gasteiger charge is -2.26. The van der Waals surface area contributed by atoms with Gasteiger partial charge in [0.2, 0.25) is 0 Å². The van der Waals surface area contributed by atoms with Gasteiger partial charge in [-0.1, -0.05) is 55.7 Å². The lowest BCUT2D eigenvalue weighted by Crippen LogP contribution is -2.12. The van der Waals surface area contributed by atoms with Gasteiger partial charge in [0.15, 0.2) is 0 Å². The van der Waals surface area contributed by atoms with Crippen LogP contribution in [0.2, 0.25) is 0 Å². The smallest absolute Gasteiger partial charge is 0.0203 e. The van der Waals surface area contributed by atoms with Crippen molar-refractivity contribution < 1.29 is 0 Å². The lowest BCUT2D eigenvalue weighted by molar-refractivity contribution is 0.320. The van der Waals surface area contributed by atoms with Crippen LogP contribution in [0.1, 0.15) is 46.5 Å². The van der Waals surface area contributed by atoms with Gasteiger partial charge in [-0.05, 0) is 38.5 Å². The molecule has 1 aliphatic rings. The van der Waals surface area contributed by atoms with E-state index >= 15 is 0 Å². The maximum absolute atomic E-state index is 2.38. The molecule has 0 atom stereocenters. The second-order valence-corrected chi connectivity index (χ2v) is 4.78. The van der Waals surface area contributed by atoms with Gasteiger partial charge in [0, 0.05) is 0 Å². The fourth-order valence-corrected chi connectivity index (χ4v) is 2.23. The van der Waals surface area contributed by atoms with Gasteiger partial charge in [-0.25, -0.2) is 0 Å². The first-order chi connectivity index (χ1) is 7.24. The second kappa shape index (κ2) is 6.66. The van der Waals surface area contributed by atoms with E-state index in [4.69, 9.17) is 0 Å². The van der Waals surface area contributed by atoms with Crippen LogP contribution in [0.15, 0.2) is 36.0 Å². The largest absolute Gasteiger partial charge is 0.0877 e. The van der Waals surface area contributed by atoms with E-state index in [1.807, 2.05) is 6.92 Å². The van der Waals surface area contributed by atoms with Gasteiger partial charge in [-0.3, -0.25) is 0 Å². The predicted octanol–water partition coefficient (Wildman–Crippen LogP) is 4.89. The molecular formula is C15H24. The van der Waals surface area contributed by atoms with Crippen LogP contribution in [-0.4, -0.2) is 0 Å². The van der Waals surface area contributed by atoms with Gasteiger partial charge in [0.1, 0.15) is 0 Å². The van der Waals surface area contributed by atoms with E-state index < -0.39 is 0 Å². The third-order valence-electron chi connectivity index (χ3n) is 3.43. The molecule has 0 heteroatoms. The number of hydrogen-bond acceptors (Lipinski definition) is 0. The maximum Gasteiger partial charge on any atom is -0.0203 e. The van der Waals surface area contributed by atoms with E-state index in [-0.39, 0.29) is 0 Å². The molecule has 0 unspecified atom stereocenters. The molecule has 1 saturated carbocycles. The van der Waals surface area contributed by atoms with Crippen molar-refractivity contribution in [1.29, 1.82) is 0 Å². The van der Waals surface area contributed by atoms with Crippen LogP contribution < -0.4 is 0 Å². The van der Waals surface area contributed by atoms with Gasteiger partial charge in [0.25, 0.3) is 0 Å². The van der Waals surface area contributed by atoms with E-state index in [9.17, 15) is 0 Å². The second-order valence-electron chi connectivity index (χ2n) is 4.78. The Morgan fingerprint density at radius 3 is 2.27 bits per heavy atom. The fourth-order valence-electron chi connectivity index (χ4n) is 2.23. The average Bonchev–Trinajstić information content (AvgIpc) is 2.25. The van der Waals surface area contributed by atoms with Gasteiger partial charge < -0.3 is 0 Å². The summed E-state index contributed by atoms with van der Waals surface area (Å²) in [5.74, 6) is 1.80. The first-order valence-electron chi connectivity index (χ1n) is 6.20. The molecule has 0 spiro atoms. The maximum atomic E-state index is 2.38. The summed E-state index contributed by atoms with van der Waals surface area (Å²) >= 11 is 0. The molecule has 0 heterocycles. The van der Waals surface area contributed by atoms with E-state index in [1.165, 1.54) is 25.7 Å². The third-order valence-corrected chi connectivity index (χ3v) is 3.43. The highest BCUT2D eigenvalue weighted by Gasteiger charge is 2.18. The van der Waals surface area contributed by atoms with E-state index in [2.05, 4.69) is 44.2 Å². The first-order valence-corrected chi connectivity index (χ1v) is 6.20. The van der Waals surface area contributed by atoms with Gasteiger partial charge in [0.05, 0.1) is 0 Å². The van der Waals surface area contributed by atoms with Crippen LogP contribution in [0, 0.1) is 11.8 Å². The van der Waals surface area contributed by atoms with Crippen LogP contribution in [0.3, 0.4) is 0 Å². The van der Waals surface area contributed by atoms with Crippen molar-refractivity contribution in [3.8, 4) is 0 Å². The Labute approximate surface area is 94.8 Å². The normalized spacial score (nSPS) is 29.1. The van der Waals surface area contributed by atoms with Crippen molar-refractivity contribution in [2.75, 3.05) is 0 Å². The molecule has 0 N–H and O–H groups in total. The minimum atomic E-state index is 0.844. The molecule has 15 heavy (non-hydrogen) atoms. The Balaban J connectivity index is 2.42. The summed E-state index contributed by atoms with van der Waals surface area (Å²) in [7, 11) is 0. The fraction of sp³-hybridized carbons (Fsp3) is 0.600. The Bertz CT molecular complexity index is 247. The molecule has 0 saturated heterocycles. The standard InChI is InChI=1S/C15H24/c1-4-5-6-7-8-14(3)15-11-9-13(2)10-12-15/h4-8,13,15H,9-12H2,1-3H3/b5-4-,7-6-,14-8+. The molecule has 0 radical (unpaired) electrons. The quantitative estimate of drug-likeness (QED) is 0.574. The topological polar surface area (TPSA) is 0 Å². The molecule has 84 valence electrons. The Morgan fingerprint density at radius 1 is 1.00 bits per heavy atom. The molecule has 0 bridgehead atoms. The van der Waals surface area contributed by atoms with Gasteiger partial charge >= 0.3 is 0 Å².